The quantitative estimate of drug-likeness (QED) is 0.276. The molecule has 0 amide bonds. The predicted octanol–water partition coefficient (Wildman–Crippen LogP) is 2.49. The third-order valence-electron chi connectivity index (χ3n) is 5.13. The fraction of sp³-hybridized carbons (Fsp3) is 0.650. The summed E-state index contributed by atoms with van der Waals surface area (Å²) in [5.41, 5.74) is 0. The van der Waals surface area contributed by atoms with Crippen LogP contribution in [0.2, 0.25) is 0 Å². The van der Waals surface area contributed by atoms with E-state index in [0.29, 0.717) is 38.3 Å². The van der Waals surface area contributed by atoms with Crippen LogP contribution in [0.4, 0.5) is 0 Å². The van der Waals surface area contributed by atoms with Crippen molar-refractivity contribution in [2.75, 3.05) is 26.4 Å². The number of ether oxygens (including phenoxy) is 1. The van der Waals surface area contributed by atoms with Crippen LogP contribution in [-0.2, 0) is 4.79 Å². The number of nitrogens with zero attached hydrogens (tertiary/aromatic N) is 1. The van der Waals surface area contributed by atoms with E-state index in [2.05, 4.69) is 5.32 Å². The van der Waals surface area contributed by atoms with Gasteiger partial charge in [0.2, 0.25) is 0 Å². The van der Waals surface area contributed by atoms with E-state index in [9.17, 15) is 15.1 Å². The number of nitrogens with one attached hydrogen (secondary N) is 1. The standard InChI is InChI=1S/C20H32N2O5/c23-18(15-27-19-9-5-3-6-10-19)12-13-22(26)16-21-14-17(22)8-4-1-2-7-11-20(24)25/h3,5-6,9-10,17-18,21,23H,1-2,4,7-8,11-16H2,(H,24,25). The summed E-state index contributed by atoms with van der Waals surface area (Å²) in [7, 11) is 0. The number of aliphatic carboxylic acids is 1. The van der Waals surface area contributed by atoms with Crippen LogP contribution in [-0.4, -0.2) is 59.3 Å². The van der Waals surface area contributed by atoms with Crippen molar-refractivity contribution in [1.82, 2.24) is 5.32 Å². The van der Waals surface area contributed by atoms with Gasteiger partial charge in [0.15, 0.2) is 0 Å². The number of carbonyl (C=O) groups is 1. The minimum absolute atomic E-state index is 0.00622. The maximum absolute atomic E-state index is 13.1. The van der Waals surface area contributed by atoms with Crippen molar-refractivity contribution < 1.29 is 24.4 Å². The molecule has 27 heavy (non-hydrogen) atoms. The van der Waals surface area contributed by atoms with Gasteiger partial charge in [-0.3, -0.25) is 10.1 Å². The largest absolute Gasteiger partial charge is 0.632 e. The van der Waals surface area contributed by atoms with Gasteiger partial charge in [-0.2, -0.15) is 0 Å². The molecule has 1 aromatic rings. The van der Waals surface area contributed by atoms with Crippen LogP contribution in [0.1, 0.15) is 44.9 Å². The molecule has 0 spiro atoms. The van der Waals surface area contributed by atoms with E-state index in [1.54, 1.807) is 0 Å². The van der Waals surface area contributed by atoms with Gasteiger partial charge in [-0.1, -0.05) is 31.0 Å². The van der Waals surface area contributed by atoms with Crippen LogP contribution in [0.25, 0.3) is 0 Å². The van der Waals surface area contributed by atoms with Crippen molar-refractivity contribution >= 4 is 5.97 Å². The van der Waals surface area contributed by atoms with E-state index in [4.69, 9.17) is 9.84 Å². The van der Waals surface area contributed by atoms with Crippen molar-refractivity contribution in [3.63, 3.8) is 0 Å². The molecule has 0 bridgehead atoms. The first kappa shape index (κ1) is 21.6. The van der Waals surface area contributed by atoms with Gasteiger partial charge in [-0.05, 0) is 25.0 Å². The Morgan fingerprint density at radius 2 is 2.00 bits per heavy atom. The van der Waals surface area contributed by atoms with E-state index in [-0.39, 0.29) is 23.7 Å². The molecule has 1 heterocycles. The summed E-state index contributed by atoms with van der Waals surface area (Å²) < 4.78 is 5.24. The van der Waals surface area contributed by atoms with Gasteiger partial charge in [-0.25, -0.2) is 0 Å². The lowest BCUT2D eigenvalue weighted by Gasteiger charge is -2.43. The van der Waals surface area contributed by atoms with Crippen LogP contribution >= 0.6 is 0 Å². The average Bonchev–Trinajstić information content (AvgIpc) is 3.03. The van der Waals surface area contributed by atoms with Crippen LogP contribution < -0.4 is 10.1 Å². The first-order valence-electron chi connectivity index (χ1n) is 9.86. The van der Waals surface area contributed by atoms with E-state index in [1.807, 2.05) is 30.3 Å². The molecule has 1 aliphatic rings. The Morgan fingerprint density at radius 3 is 2.74 bits per heavy atom. The van der Waals surface area contributed by atoms with Gasteiger partial charge in [0.1, 0.15) is 25.1 Å². The van der Waals surface area contributed by atoms with E-state index in [0.717, 1.165) is 25.7 Å². The molecule has 3 N–H and O–H groups in total. The average molecular weight is 380 g/mol. The van der Waals surface area contributed by atoms with Crippen molar-refractivity contribution in [1.29, 1.82) is 0 Å². The van der Waals surface area contributed by atoms with Gasteiger partial charge in [0.05, 0.1) is 19.2 Å². The summed E-state index contributed by atoms with van der Waals surface area (Å²) in [6.45, 7) is 1.65. The number of hydroxylamine groups is 3. The van der Waals surface area contributed by atoms with Crippen molar-refractivity contribution in [3.05, 3.63) is 35.5 Å². The summed E-state index contributed by atoms with van der Waals surface area (Å²) in [6.07, 6.45) is 4.28. The predicted molar refractivity (Wildman–Crippen MR) is 103 cm³/mol. The number of para-hydroxylation sites is 1. The number of unbranched alkanes of at least 4 members (excludes halogenated alkanes) is 3. The number of aliphatic hydroxyl groups excluding tert-OH is 1. The number of aliphatic hydroxyl groups is 1. The Kier molecular flexibility index (Phi) is 9.00. The maximum Gasteiger partial charge on any atom is 0.303 e. The SMILES string of the molecule is O=C(O)CCCCCCC1CNC[N+]1([O-])CCC(O)COc1ccccc1. The third-order valence-corrected chi connectivity index (χ3v) is 5.13. The highest BCUT2D eigenvalue weighted by molar-refractivity contribution is 5.66. The van der Waals surface area contributed by atoms with Gasteiger partial charge in [0.25, 0.3) is 0 Å². The second kappa shape index (κ2) is 11.2. The highest BCUT2D eigenvalue weighted by atomic mass is 16.6. The number of rotatable bonds is 13. The zero-order valence-corrected chi connectivity index (χ0v) is 15.9. The fourth-order valence-corrected chi connectivity index (χ4v) is 3.48. The topological polar surface area (TPSA) is 102 Å². The molecular formula is C20H32N2O5. The molecule has 0 aliphatic carbocycles. The Labute approximate surface area is 161 Å². The van der Waals surface area contributed by atoms with Crippen molar-refractivity contribution in [2.45, 2.75) is 57.1 Å². The molecule has 1 aliphatic heterocycles. The molecule has 152 valence electrons. The summed E-state index contributed by atoms with van der Waals surface area (Å²) in [5, 5.41) is 35.0. The zero-order valence-electron chi connectivity index (χ0n) is 15.9. The molecule has 2 rings (SSSR count). The summed E-state index contributed by atoms with van der Waals surface area (Å²) in [6, 6.07) is 9.34. The molecule has 7 heteroatoms. The monoisotopic (exact) mass is 380 g/mol. The zero-order chi connectivity index (χ0) is 19.5. The van der Waals surface area contributed by atoms with Gasteiger partial charge in [0, 0.05) is 19.3 Å². The molecule has 0 radical (unpaired) electrons. The first-order chi connectivity index (χ1) is 13.0. The normalized spacial score (nSPS) is 23.3. The van der Waals surface area contributed by atoms with Gasteiger partial charge >= 0.3 is 5.97 Å². The molecule has 1 saturated heterocycles. The molecule has 0 saturated carbocycles. The Bertz CT molecular complexity index is 557. The van der Waals surface area contributed by atoms with Crippen LogP contribution in [0.5, 0.6) is 5.75 Å². The fourth-order valence-electron chi connectivity index (χ4n) is 3.48. The maximum atomic E-state index is 13.1. The lowest BCUT2D eigenvalue weighted by Crippen LogP contribution is -2.49. The number of hydrogen-bond donors (Lipinski definition) is 3. The van der Waals surface area contributed by atoms with Gasteiger partial charge in [-0.15, -0.1) is 0 Å². The van der Waals surface area contributed by atoms with E-state index >= 15 is 0 Å². The summed E-state index contributed by atoms with van der Waals surface area (Å²) in [4.78, 5) is 10.5. The van der Waals surface area contributed by atoms with Crippen LogP contribution in [0.15, 0.2) is 30.3 Å². The Hall–Kier alpha value is -1.67. The van der Waals surface area contributed by atoms with Gasteiger partial charge < -0.3 is 24.8 Å². The molecule has 3 atom stereocenters. The van der Waals surface area contributed by atoms with Crippen LogP contribution in [0.3, 0.4) is 0 Å². The minimum atomic E-state index is -0.750. The smallest absolute Gasteiger partial charge is 0.303 e. The van der Waals surface area contributed by atoms with E-state index in [1.165, 1.54) is 0 Å². The van der Waals surface area contributed by atoms with Crippen molar-refractivity contribution in [2.24, 2.45) is 0 Å². The molecule has 3 unspecified atom stereocenters. The van der Waals surface area contributed by atoms with Crippen LogP contribution in [0, 0.1) is 5.21 Å². The molecule has 7 nitrogen and oxygen atoms in total. The minimum Gasteiger partial charge on any atom is -0.632 e. The second-order valence-electron chi connectivity index (χ2n) is 7.36. The number of carboxylic acids is 1. The third kappa shape index (κ3) is 7.84. The Balaban J connectivity index is 1.64. The molecule has 0 aromatic heterocycles. The highest BCUT2D eigenvalue weighted by Crippen LogP contribution is 2.23. The molecular weight excluding hydrogens is 348 g/mol. The number of hydrogen-bond acceptors (Lipinski definition) is 5. The number of quaternary nitrogens is 1. The van der Waals surface area contributed by atoms with E-state index < -0.39 is 12.1 Å². The first-order valence-corrected chi connectivity index (χ1v) is 9.86. The number of carboxylic acid groups (broad SMARTS) is 1. The molecule has 1 fully saturated rings. The molecule has 1 aromatic carbocycles. The highest BCUT2D eigenvalue weighted by Gasteiger charge is 2.34. The van der Waals surface area contributed by atoms with Crippen molar-refractivity contribution in [3.8, 4) is 5.75 Å². The summed E-state index contributed by atoms with van der Waals surface area (Å²) in [5.74, 6) is -0.0359. The number of benzene rings is 1. The second-order valence-corrected chi connectivity index (χ2v) is 7.36. The Morgan fingerprint density at radius 1 is 1.26 bits per heavy atom. The lowest BCUT2D eigenvalue weighted by atomic mass is 10.1. The summed E-state index contributed by atoms with van der Waals surface area (Å²) >= 11 is 0. The lowest BCUT2D eigenvalue weighted by molar-refractivity contribution is -0.893.